The van der Waals surface area contributed by atoms with E-state index in [0.717, 1.165) is 12.1 Å². The summed E-state index contributed by atoms with van der Waals surface area (Å²) in [6, 6.07) is 1.50. The number of aliphatic hydroxyl groups excluding tert-OH is 1. The first kappa shape index (κ1) is 16.0. The fraction of sp³-hybridized carbons (Fsp3) is 0.455. The highest BCUT2D eigenvalue weighted by atomic mass is 32.2. The molecule has 1 aromatic carbocycles. The largest absolute Gasteiger partial charge is 0.396 e. The van der Waals surface area contributed by atoms with E-state index >= 15 is 0 Å². The summed E-state index contributed by atoms with van der Waals surface area (Å²) < 4.78 is 57.0. The summed E-state index contributed by atoms with van der Waals surface area (Å²) in [5.74, 6) is -2.03. The molecule has 0 radical (unpaired) electrons. The Morgan fingerprint density at radius 1 is 1.42 bits per heavy atom. The van der Waals surface area contributed by atoms with Crippen molar-refractivity contribution in [2.24, 2.45) is 0 Å². The Labute approximate surface area is 110 Å². The van der Waals surface area contributed by atoms with Crippen LogP contribution in [0.25, 0.3) is 0 Å². The highest BCUT2D eigenvalue weighted by Gasteiger charge is 2.23. The van der Waals surface area contributed by atoms with E-state index in [0.29, 0.717) is 6.07 Å². The van der Waals surface area contributed by atoms with Gasteiger partial charge in [0.1, 0.15) is 16.5 Å². The number of nitrogens with one attached hydrogen (secondary N) is 1. The first-order valence-corrected chi connectivity index (χ1v) is 6.96. The van der Waals surface area contributed by atoms with Gasteiger partial charge in [-0.2, -0.15) is 0 Å². The average molecular weight is 295 g/mol. The zero-order valence-electron chi connectivity index (χ0n) is 10.3. The third-order valence-corrected chi connectivity index (χ3v) is 3.90. The van der Waals surface area contributed by atoms with E-state index in [2.05, 4.69) is 4.72 Å². The second-order valence-electron chi connectivity index (χ2n) is 3.86. The number of ether oxygens (including phenoxy) is 1. The molecule has 1 unspecified atom stereocenters. The Morgan fingerprint density at radius 2 is 2.11 bits per heavy atom. The van der Waals surface area contributed by atoms with Gasteiger partial charge in [-0.05, 0) is 18.6 Å². The third kappa shape index (κ3) is 4.50. The lowest BCUT2D eigenvalue weighted by Crippen LogP contribution is -2.39. The second kappa shape index (κ2) is 6.90. The average Bonchev–Trinajstić information content (AvgIpc) is 2.28. The minimum Gasteiger partial charge on any atom is -0.396 e. The fourth-order valence-electron chi connectivity index (χ4n) is 1.51. The molecule has 0 bridgehead atoms. The van der Waals surface area contributed by atoms with Gasteiger partial charge in [-0.15, -0.1) is 0 Å². The van der Waals surface area contributed by atoms with Crippen molar-refractivity contribution in [2.75, 3.05) is 20.3 Å². The van der Waals surface area contributed by atoms with Gasteiger partial charge in [0, 0.05) is 25.8 Å². The summed E-state index contributed by atoms with van der Waals surface area (Å²) in [6.45, 7) is -0.217. The Morgan fingerprint density at radius 3 is 2.63 bits per heavy atom. The van der Waals surface area contributed by atoms with Gasteiger partial charge in [-0.1, -0.05) is 0 Å². The molecule has 0 spiro atoms. The lowest BCUT2D eigenvalue weighted by Gasteiger charge is -2.17. The number of hydrogen-bond donors (Lipinski definition) is 2. The first-order valence-electron chi connectivity index (χ1n) is 5.48. The minimum atomic E-state index is -4.13. The quantitative estimate of drug-likeness (QED) is 0.774. The molecule has 0 saturated carbocycles. The number of sulfonamides is 1. The maximum absolute atomic E-state index is 13.4. The SMILES string of the molecule is COCC(CCO)NS(=O)(=O)c1ccc(F)cc1F. The molecule has 0 fully saturated rings. The Hall–Kier alpha value is -1.09. The molecule has 0 aromatic heterocycles. The molecule has 2 N–H and O–H groups in total. The Bertz CT molecular complexity index is 515. The van der Waals surface area contributed by atoms with Crippen molar-refractivity contribution in [2.45, 2.75) is 17.4 Å². The Balaban J connectivity index is 2.96. The number of aliphatic hydroxyl groups is 1. The summed E-state index contributed by atoms with van der Waals surface area (Å²) in [4.78, 5) is -0.645. The van der Waals surface area contributed by atoms with Crippen LogP contribution in [0.4, 0.5) is 8.78 Å². The van der Waals surface area contributed by atoms with Gasteiger partial charge in [-0.3, -0.25) is 0 Å². The van der Waals surface area contributed by atoms with Crippen molar-refractivity contribution in [3.63, 3.8) is 0 Å². The molecule has 1 rings (SSSR count). The van der Waals surface area contributed by atoms with Gasteiger partial charge >= 0.3 is 0 Å². The number of hydrogen-bond acceptors (Lipinski definition) is 4. The topological polar surface area (TPSA) is 75.6 Å². The number of rotatable bonds is 7. The van der Waals surface area contributed by atoms with E-state index in [1.54, 1.807) is 0 Å². The Kier molecular flexibility index (Phi) is 5.80. The highest BCUT2D eigenvalue weighted by Crippen LogP contribution is 2.16. The van der Waals surface area contributed by atoms with Crippen LogP contribution >= 0.6 is 0 Å². The van der Waals surface area contributed by atoms with Crippen LogP contribution < -0.4 is 4.72 Å². The van der Waals surface area contributed by atoms with Gasteiger partial charge in [-0.25, -0.2) is 21.9 Å². The molecule has 0 aliphatic heterocycles. The van der Waals surface area contributed by atoms with Crippen LogP contribution in [-0.2, 0) is 14.8 Å². The van der Waals surface area contributed by atoms with E-state index in [4.69, 9.17) is 9.84 Å². The number of methoxy groups -OCH3 is 1. The van der Waals surface area contributed by atoms with Crippen LogP contribution in [-0.4, -0.2) is 39.9 Å². The van der Waals surface area contributed by atoms with Gasteiger partial charge < -0.3 is 9.84 Å². The number of halogens is 2. The van der Waals surface area contributed by atoms with Crippen LogP contribution in [0.5, 0.6) is 0 Å². The van der Waals surface area contributed by atoms with Crippen molar-refractivity contribution in [3.05, 3.63) is 29.8 Å². The maximum atomic E-state index is 13.4. The molecule has 19 heavy (non-hydrogen) atoms. The highest BCUT2D eigenvalue weighted by molar-refractivity contribution is 7.89. The van der Waals surface area contributed by atoms with Crippen LogP contribution in [0.15, 0.2) is 23.1 Å². The van der Waals surface area contributed by atoms with Crippen LogP contribution in [0.2, 0.25) is 0 Å². The molecule has 0 heterocycles. The van der Waals surface area contributed by atoms with Gasteiger partial charge in [0.25, 0.3) is 0 Å². The van der Waals surface area contributed by atoms with E-state index in [1.807, 2.05) is 0 Å². The zero-order valence-corrected chi connectivity index (χ0v) is 11.1. The lowest BCUT2D eigenvalue weighted by atomic mass is 10.2. The molecule has 0 aliphatic rings. The van der Waals surface area contributed by atoms with Crippen LogP contribution in [0.3, 0.4) is 0 Å². The molecule has 8 heteroatoms. The second-order valence-corrected chi connectivity index (χ2v) is 5.54. The van der Waals surface area contributed by atoms with Crippen molar-refractivity contribution >= 4 is 10.0 Å². The minimum absolute atomic E-state index is 0.0304. The van der Waals surface area contributed by atoms with Gasteiger partial charge in [0.2, 0.25) is 10.0 Å². The molecule has 0 amide bonds. The fourth-order valence-corrected chi connectivity index (χ4v) is 2.82. The van der Waals surface area contributed by atoms with Crippen molar-refractivity contribution < 1.29 is 27.0 Å². The van der Waals surface area contributed by atoms with E-state index in [9.17, 15) is 17.2 Å². The summed E-state index contributed by atoms with van der Waals surface area (Å²) in [5, 5.41) is 8.81. The molecule has 5 nitrogen and oxygen atoms in total. The predicted molar refractivity (Wildman–Crippen MR) is 64.0 cm³/mol. The van der Waals surface area contributed by atoms with Crippen LogP contribution in [0.1, 0.15) is 6.42 Å². The summed E-state index contributed by atoms with van der Waals surface area (Å²) >= 11 is 0. The predicted octanol–water partition coefficient (Wildman–Crippen LogP) is 0.641. The molecule has 108 valence electrons. The van der Waals surface area contributed by atoms with Crippen molar-refractivity contribution in [3.8, 4) is 0 Å². The number of benzene rings is 1. The smallest absolute Gasteiger partial charge is 0.243 e. The van der Waals surface area contributed by atoms with E-state index < -0.39 is 32.6 Å². The molecule has 1 aromatic rings. The third-order valence-electron chi connectivity index (χ3n) is 2.35. The molecule has 0 aliphatic carbocycles. The summed E-state index contributed by atoms with van der Waals surface area (Å²) in [7, 11) is -2.76. The zero-order chi connectivity index (χ0) is 14.5. The van der Waals surface area contributed by atoms with E-state index in [-0.39, 0.29) is 19.6 Å². The maximum Gasteiger partial charge on any atom is 0.243 e. The van der Waals surface area contributed by atoms with Crippen molar-refractivity contribution in [1.82, 2.24) is 4.72 Å². The lowest BCUT2D eigenvalue weighted by molar-refractivity contribution is 0.158. The molecule has 1 atom stereocenters. The standard InChI is InChI=1S/C11H15F2NO4S/c1-18-7-9(4-5-15)14-19(16,17)11-3-2-8(12)6-10(11)13/h2-3,6,9,14-15H,4-5,7H2,1H3. The van der Waals surface area contributed by atoms with Gasteiger partial charge in [0.05, 0.1) is 6.61 Å². The normalized spacial score (nSPS) is 13.5. The van der Waals surface area contributed by atoms with Gasteiger partial charge in [0.15, 0.2) is 0 Å². The first-order chi connectivity index (χ1) is 8.90. The monoisotopic (exact) mass is 295 g/mol. The molecular weight excluding hydrogens is 280 g/mol. The summed E-state index contributed by atoms with van der Waals surface area (Å²) in [5.41, 5.74) is 0. The van der Waals surface area contributed by atoms with Crippen LogP contribution in [0, 0.1) is 11.6 Å². The molecule has 0 saturated heterocycles. The van der Waals surface area contributed by atoms with E-state index in [1.165, 1.54) is 7.11 Å². The molecular formula is C11H15F2NO4S. The van der Waals surface area contributed by atoms with Crippen molar-refractivity contribution in [1.29, 1.82) is 0 Å². The summed E-state index contributed by atoms with van der Waals surface area (Å²) in [6.07, 6.45) is 0.121.